The third-order valence-corrected chi connectivity index (χ3v) is 11.7. The van der Waals surface area contributed by atoms with Crippen LogP contribution in [-0.2, 0) is 23.9 Å². The van der Waals surface area contributed by atoms with Crippen molar-refractivity contribution in [3.63, 3.8) is 0 Å². The molecule has 0 saturated carbocycles. The molecule has 6 heterocycles. The van der Waals surface area contributed by atoms with E-state index in [4.69, 9.17) is 42.5 Å². The minimum atomic E-state index is -0.919. The Morgan fingerprint density at radius 1 is 0.758 bits per heavy atom. The average molecular weight is 1030 g/mol. The Kier molecular flexibility index (Phi) is 32.0. The Bertz CT molecular complexity index is 2330. The van der Waals surface area contributed by atoms with Gasteiger partial charge in [0.2, 0.25) is 0 Å². The van der Waals surface area contributed by atoms with Crippen LogP contribution in [0.5, 0.6) is 0 Å². The van der Waals surface area contributed by atoms with Crippen molar-refractivity contribution in [1.29, 1.82) is 0 Å². The van der Waals surface area contributed by atoms with Crippen molar-refractivity contribution >= 4 is 115 Å². The molecule has 0 amide bonds. The Hall–Kier alpha value is -1.67. The molecule has 9 rings (SSSR count). The van der Waals surface area contributed by atoms with Crippen molar-refractivity contribution in [1.82, 2.24) is 20.3 Å². The number of hydrogen-bond acceptors (Lipinski definition) is 16. The molecule has 0 unspecified atom stereocenters. The summed E-state index contributed by atoms with van der Waals surface area (Å²) in [6, 6.07) is 16.3. The molecule has 6 aromatic rings. The summed E-state index contributed by atoms with van der Waals surface area (Å²) in [6.07, 6.45) is 0. The molecule has 0 radical (unpaired) electrons. The number of carboxylic acids is 1. The number of hydrogen-bond donors (Lipinski definition) is 2. The van der Waals surface area contributed by atoms with Crippen LogP contribution in [0.3, 0.4) is 0 Å². The molecular weight excluding hydrogens is 982 g/mol. The largest absolute Gasteiger partial charge is 1.00 e. The SMILES string of the molecule is C.C.C1COCCN1.F.O=C(O)c1ccc2sc(N3CCOCC3)nc2c1.O=CO[O-].[C-]#[N+]c1ccc2sc(Br)nc2c1.[C-]#[N+]c1ccc2sc(N3CCOCC3)nc2c1.[H-].[K+].[K+]. The molecule has 0 atom stereocenters. The van der Waals surface area contributed by atoms with Crippen LogP contribution in [-0.4, -0.2) is 111 Å². The Morgan fingerprint density at radius 3 is 1.55 bits per heavy atom. The Morgan fingerprint density at radius 2 is 1.16 bits per heavy atom. The maximum Gasteiger partial charge on any atom is 1.00 e. The number of thiazole rings is 3. The van der Waals surface area contributed by atoms with Crippen molar-refractivity contribution in [3.8, 4) is 0 Å². The van der Waals surface area contributed by atoms with Gasteiger partial charge in [0.1, 0.15) is 0 Å². The molecule has 23 heteroatoms. The zero-order valence-electron chi connectivity index (χ0n) is 33.7. The first-order chi connectivity index (χ1) is 27.8. The van der Waals surface area contributed by atoms with Crippen LogP contribution in [0.25, 0.3) is 40.3 Å². The number of benzene rings is 3. The summed E-state index contributed by atoms with van der Waals surface area (Å²) in [5.74, 6) is -0.919. The number of rotatable bonds is 4. The molecule has 0 spiro atoms. The molecule has 62 heavy (non-hydrogen) atoms. The molecule has 3 aliphatic rings. The van der Waals surface area contributed by atoms with Gasteiger partial charge in [0.05, 0.1) is 89.0 Å². The summed E-state index contributed by atoms with van der Waals surface area (Å²) in [5.41, 5.74) is 4.13. The van der Waals surface area contributed by atoms with E-state index in [1.807, 2.05) is 30.3 Å². The summed E-state index contributed by atoms with van der Waals surface area (Å²) in [5, 5.41) is 22.5. The Labute approximate surface area is 466 Å². The summed E-state index contributed by atoms with van der Waals surface area (Å²) in [7, 11) is 0. The van der Waals surface area contributed by atoms with Crippen LogP contribution in [0.2, 0.25) is 0 Å². The fourth-order valence-electron chi connectivity index (χ4n) is 5.27. The van der Waals surface area contributed by atoms with E-state index >= 15 is 0 Å². The van der Waals surface area contributed by atoms with E-state index in [9.17, 15) is 4.79 Å². The zero-order valence-corrected chi connectivity index (χ0v) is 43.0. The number of aromatic carboxylic acids is 1. The van der Waals surface area contributed by atoms with Gasteiger partial charge < -0.3 is 46.0 Å². The van der Waals surface area contributed by atoms with Gasteiger partial charge in [-0.05, 0) is 46.3 Å². The first kappa shape index (κ1) is 60.3. The van der Waals surface area contributed by atoms with E-state index < -0.39 is 5.97 Å². The molecule has 2 N–H and O–H groups in total. The van der Waals surface area contributed by atoms with Crippen LogP contribution in [0, 0.1) is 13.1 Å². The maximum absolute atomic E-state index is 10.9. The molecule has 3 saturated heterocycles. The summed E-state index contributed by atoms with van der Waals surface area (Å²) >= 11 is 8.14. The van der Waals surface area contributed by atoms with Crippen LogP contribution < -0.4 is 123 Å². The number of aromatic nitrogens is 3. The number of carbonyl (C=O) groups excluding carboxylic acids is 1. The molecule has 3 aliphatic heterocycles. The van der Waals surface area contributed by atoms with Crippen LogP contribution in [0.4, 0.5) is 26.3 Å². The van der Waals surface area contributed by atoms with Crippen LogP contribution >= 0.6 is 49.9 Å². The number of carbonyl (C=O) groups is 2. The van der Waals surface area contributed by atoms with Crippen LogP contribution in [0.1, 0.15) is 26.6 Å². The topological polar surface area (TPSA) is 180 Å². The predicted octanol–water partition coefficient (Wildman–Crippen LogP) is 1.71. The molecule has 16 nitrogen and oxygen atoms in total. The average Bonchev–Trinajstić information content (AvgIpc) is 4.01. The second-order valence-corrected chi connectivity index (χ2v) is 16.1. The number of morpholine rings is 3. The molecular formula is C39H46BrFK2N8O8S3. The van der Waals surface area contributed by atoms with E-state index in [-0.39, 0.29) is 136 Å². The molecule has 0 bridgehead atoms. The number of anilines is 2. The summed E-state index contributed by atoms with van der Waals surface area (Å²) in [6.45, 7) is 23.9. The minimum absolute atomic E-state index is 0. The van der Waals surface area contributed by atoms with Gasteiger partial charge in [-0.25, -0.2) is 29.4 Å². The van der Waals surface area contributed by atoms with Gasteiger partial charge in [-0.1, -0.05) is 61.8 Å². The van der Waals surface area contributed by atoms with E-state index in [1.54, 1.807) is 58.3 Å². The van der Waals surface area contributed by atoms with Gasteiger partial charge >= 0.3 is 109 Å². The van der Waals surface area contributed by atoms with Gasteiger partial charge in [0.25, 0.3) is 6.47 Å². The quantitative estimate of drug-likeness (QED) is 0.0858. The van der Waals surface area contributed by atoms with Crippen molar-refractivity contribution in [2.45, 2.75) is 14.9 Å². The number of ether oxygens (including phenoxy) is 3. The van der Waals surface area contributed by atoms with E-state index in [1.165, 1.54) is 0 Å². The fraction of sp³-hybridized carbons (Fsp3) is 0.359. The fourth-order valence-corrected chi connectivity index (χ4v) is 8.65. The smallest absolute Gasteiger partial charge is 1.00 e. The molecule has 324 valence electrons. The van der Waals surface area contributed by atoms with Gasteiger partial charge in [-0.15, -0.1) is 11.3 Å². The van der Waals surface area contributed by atoms with E-state index in [0.717, 1.165) is 124 Å². The number of halogens is 2. The third-order valence-electron chi connectivity index (χ3n) is 8.04. The maximum atomic E-state index is 10.9. The number of nitrogens with zero attached hydrogens (tertiary/aromatic N) is 7. The van der Waals surface area contributed by atoms with Crippen molar-refractivity contribution in [2.75, 3.05) is 88.7 Å². The van der Waals surface area contributed by atoms with E-state index in [0.29, 0.717) is 11.4 Å². The van der Waals surface area contributed by atoms with Gasteiger partial charge in [0, 0.05) is 39.3 Å². The number of carboxylic acid groups (broad SMARTS) is 1. The minimum Gasteiger partial charge on any atom is -1.00 e. The predicted molar refractivity (Wildman–Crippen MR) is 240 cm³/mol. The molecule has 3 aromatic carbocycles. The zero-order chi connectivity index (χ0) is 40.4. The first-order valence-corrected chi connectivity index (χ1v) is 20.6. The van der Waals surface area contributed by atoms with Crippen molar-refractivity contribution in [2.24, 2.45) is 0 Å². The normalized spacial score (nSPS) is 13.7. The van der Waals surface area contributed by atoms with Gasteiger partial charge in [-0.3, -0.25) is 9.50 Å². The van der Waals surface area contributed by atoms with Crippen LogP contribution in [0.15, 0.2) is 58.5 Å². The second-order valence-electron chi connectivity index (χ2n) is 11.7. The van der Waals surface area contributed by atoms with Gasteiger partial charge in [0.15, 0.2) is 25.6 Å². The summed E-state index contributed by atoms with van der Waals surface area (Å²) in [4.78, 5) is 46.6. The second kappa shape index (κ2) is 32.9. The monoisotopic (exact) mass is 1030 g/mol. The number of fused-ring (bicyclic) bond motifs is 3. The standard InChI is InChI=1S/C12H11N3OS.C12H12N2O3S.C8H3BrN2S.C4H9NO.CH2O3.2CH4.FH.2K.H/c1-13-9-2-3-11-10(8-9)14-12(17-11)15-4-6-16-7-5-15;15-11(16)8-1-2-10-9(7-8)13-12(18-10)14-3-5-17-6-4-14;1-10-5-2-3-7-6(4-5)11-8(9)12-7;1-3-6-4-2-5-1;2-1-4-3;;;;;;/h2-3,8H,4-7H2;1-2,7H,3-6H2,(H,15,16);2-4H;5H,1-4H2;1,3H;2*1H4;1H;;;/q;;;;;;;;2*+1;-1/p-1. The first-order valence-electron chi connectivity index (χ1n) is 17.3. The number of nitrogens with one attached hydrogen (secondary N) is 1. The van der Waals surface area contributed by atoms with Gasteiger partial charge in [-0.2, -0.15) is 0 Å². The van der Waals surface area contributed by atoms with Crippen molar-refractivity contribution in [3.05, 3.63) is 86.9 Å². The summed E-state index contributed by atoms with van der Waals surface area (Å²) < 4.78 is 19.8. The third kappa shape index (κ3) is 19.0. The van der Waals surface area contributed by atoms with E-state index in [2.05, 4.69) is 60.6 Å². The molecule has 0 aliphatic carbocycles. The van der Waals surface area contributed by atoms with Crippen molar-refractivity contribution < 1.29 is 148 Å². The molecule has 3 aromatic heterocycles. The molecule has 3 fully saturated rings. The Balaban J connectivity index is 0.